The van der Waals surface area contributed by atoms with Crippen molar-refractivity contribution < 1.29 is 9.53 Å². The minimum absolute atomic E-state index is 0.134. The van der Waals surface area contributed by atoms with Crippen LogP contribution in [0.3, 0.4) is 0 Å². The third kappa shape index (κ3) is 5.79. The van der Waals surface area contributed by atoms with Gasteiger partial charge in [0.25, 0.3) is 5.91 Å². The van der Waals surface area contributed by atoms with Crippen molar-refractivity contribution >= 4 is 29.2 Å². The fraction of sp³-hybridized carbons (Fsp3) is 0.438. The minimum atomic E-state index is -0.326. The van der Waals surface area contributed by atoms with Crippen LogP contribution in [0.4, 0.5) is 5.95 Å². The summed E-state index contributed by atoms with van der Waals surface area (Å²) in [6.07, 6.45) is 2.90. The van der Waals surface area contributed by atoms with Crippen molar-refractivity contribution in [2.24, 2.45) is 0 Å². The summed E-state index contributed by atoms with van der Waals surface area (Å²) >= 11 is 5.16. The molecule has 1 aromatic carbocycles. The van der Waals surface area contributed by atoms with Crippen LogP contribution in [-0.4, -0.2) is 37.8 Å². The number of amides is 1. The molecule has 0 fully saturated rings. The second kappa shape index (κ2) is 9.67. The normalized spacial score (nSPS) is 10.3. The summed E-state index contributed by atoms with van der Waals surface area (Å²) in [6.45, 7) is 5.39. The van der Waals surface area contributed by atoms with E-state index in [4.69, 9.17) is 17.0 Å². The number of unbranched alkanes of at least 4 members (excludes halogenated alkanes) is 1. The number of ether oxygens (including phenoxy) is 1. The van der Waals surface area contributed by atoms with E-state index < -0.39 is 0 Å². The van der Waals surface area contributed by atoms with Crippen LogP contribution < -0.4 is 15.4 Å². The van der Waals surface area contributed by atoms with Crippen molar-refractivity contribution in [2.75, 3.05) is 11.9 Å². The largest absolute Gasteiger partial charge is 0.494 e. The molecular weight excluding hydrogens is 340 g/mol. The van der Waals surface area contributed by atoms with E-state index in [9.17, 15) is 4.79 Å². The maximum atomic E-state index is 12.3. The molecule has 0 aliphatic rings. The van der Waals surface area contributed by atoms with Gasteiger partial charge in [0.2, 0.25) is 5.95 Å². The van der Waals surface area contributed by atoms with Crippen LogP contribution >= 0.6 is 12.2 Å². The molecule has 2 aromatic rings. The lowest BCUT2D eigenvalue weighted by atomic mass is 10.2. The van der Waals surface area contributed by atoms with Gasteiger partial charge >= 0.3 is 0 Å². The van der Waals surface area contributed by atoms with Gasteiger partial charge in [-0.05, 0) is 53.7 Å². The van der Waals surface area contributed by atoms with Crippen LogP contribution in [0.15, 0.2) is 24.3 Å². The molecule has 1 aromatic heterocycles. The molecule has 9 heteroatoms. The number of benzene rings is 1. The van der Waals surface area contributed by atoms with Crippen molar-refractivity contribution in [3.8, 4) is 5.75 Å². The highest BCUT2D eigenvalue weighted by atomic mass is 32.1. The number of nitrogens with one attached hydrogen (secondary N) is 2. The number of carbonyl (C=O) groups excluding carboxylic acids is 1. The number of hydrogen-bond acceptors (Lipinski definition) is 6. The molecule has 134 valence electrons. The van der Waals surface area contributed by atoms with Gasteiger partial charge in [-0.15, -0.1) is 0 Å². The highest BCUT2D eigenvalue weighted by molar-refractivity contribution is 7.80. The summed E-state index contributed by atoms with van der Waals surface area (Å²) in [5.74, 6) is 0.726. The minimum Gasteiger partial charge on any atom is -0.494 e. The standard InChI is InChI=1S/C16H22N6O2S/c1-3-5-10-24-13-8-6-7-12(11-13)14(23)17-16(25)18-15-19-20-21-22(15)9-4-2/h6-8,11H,3-5,9-10H2,1-2H3,(H2,17,18,19,21,23,25). The molecule has 0 radical (unpaired) electrons. The molecule has 8 nitrogen and oxygen atoms in total. The van der Waals surface area contributed by atoms with E-state index >= 15 is 0 Å². The molecule has 0 spiro atoms. The molecule has 0 unspecified atom stereocenters. The second-order valence-corrected chi connectivity index (χ2v) is 5.77. The Hall–Kier alpha value is -2.55. The van der Waals surface area contributed by atoms with Gasteiger partial charge in [-0.3, -0.25) is 15.4 Å². The zero-order valence-corrected chi connectivity index (χ0v) is 15.2. The quantitative estimate of drug-likeness (QED) is 0.550. The van der Waals surface area contributed by atoms with Crippen LogP contribution in [0.25, 0.3) is 0 Å². The van der Waals surface area contributed by atoms with Crippen molar-refractivity contribution in [1.29, 1.82) is 0 Å². The molecule has 0 bridgehead atoms. The maximum Gasteiger partial charge on any atom is 0.257 e. The Kier molecular flexibility index (Phi) is 7.27. The van der Waals surface area contributed by atoms with E-state index in [0.717, 1.165) is 19.3 Å². The van der Waals surface area contributed by atoms with Crippen LogP contribution in [0.5, 0.6) is 5.75 Å². The van der Waals surface area contributed by atoms with E-state index in [2.05, 4.69) is 33.1 Å². The SMILES string of the molecule is CCCCOc1cccc(C(=O)NC(=S)Nc2nnnn2CCC)c1. The van der Waals surface area contributed by atoms with Crippen LogP contribution in [0.2, 0.25) is 0 Å². The van der Waals surface area contributed by atoms with Crippen LogP contribution in [0.1, 0.15) is 43.5 Å². The molecule has 0 saturated carbocycles. The summed E-state index contributed by atoms with van der Waals surface area (Å²) in [4.78, 5) is 12.3. The highest BCUT2D eigenvalue weighted by Crippen LogP contribution is 2.14. The number of tetrazole rings is 1. The molecule has 0 saturated heterocycles. The lowest BCUT2D eigenvalue weighted by Gasteiger charge is -2.10. The van der Waals surface area contributed by atoms with E-state index in [1.807, 2.05) is 13.0 Å². The van der Waals surface area contributed by atoms with Crippen LogP contribution in [0, 0.1) is 0 Å². The first-order valence-corrected chi connectivity index (χ1v) is 8.66. The predicted molar refractivity (Wildman–Crippen MR) is 98.6 cm³/mol. The van der Waals surface area contributed by atoms with Crippen LogP contribution in [-0.2, 0) is 6.54 Å². The molecule has 1 amide bonds. The third-order valence-electron chi connectivity index (χ3n) is 3.28. The first kappa shape index (κ1) is 18.8. The van der Waals surface area contributed by atoms with E-state index in [0.29, 0.717) is 30.4 Å². The van der Waals surface area contributed by atoms with Crippen molar-refractivity contribution in [3.63, 3.8) is 0 Å². The Morgan fingerprint density at radius 2 is 2.16 bits per heavy atom. The lowest BCUT2D eigenvalue weighted by molar-refractivity contribution is 0.0977. The predicted octanol–water partition coefficient (Wildman–Crippen LogP) is 2.39. The average Bonchev–Trinajstić information content (AvgIpc) is 3.02. The van der Waals surface area contributed by atoms with Gasteiger partial charge in [-0.1, -0.05) is 31.4 Å². The Bertz CT molecular complexity index is 718. The Labute approximate surface area is 151 Å². The average molecular weight is 362 g/mol. The maximum absolute atomic E-state index is 12.3. The fourth-order valence-corrected chi connectivity index (χ4v) is 2.21. The zero-order chi connectivity index (χ0) is 18.1. The van der Waals surface area contributed by atoms with Gasteiger partial charge in [0, 0.05) is 12.1 Å². The van der Waals surface area contributed by atoms with Crippen molar-refractivity contribution in [2.45, 2.75) is 39.7 Å². The topological polar surface area (TPSA) is 94.0 Å². The number of thiocarbonyl (C=S) groups is 1. The molecule has 0 aliphatic carbocycles. The molecule has 0 atom stereocenters. The first-order valence-electron chi connectivity index (χ1n) is 8.25. The molecule has 25 heavy (non-hydrogen) atoms. The van der Waals surface area contributed by atoms with Gasteiger partial charge in [-0.2, -0.15) is 0 Å². The van der Waals surface area contributed by atoms with Crippen molar-refractivity contribution in [3.05, 3.63) is 29.8 Å². The Morgan fingerprint density at radius 3 is 2.92 bits per heavy atom. The smallest absolute Gasteiger partial charge is 0.257 e. The van der Waals surface area contributed by atoms with Gasteiger partial charge in [0.1, 0.15) is 5.75 Å². The number of nitrogens with zero attached hydrogens (tertiary/aromatic N) is 4. The summed E-state index contributed by atoms with van der Waals surface area (Å²) < 4.78 is 7.20. The molecule has 1 heterocycles. The summed E-state index contributed by atoms with van der Waals surface area (Å²) in [5.41, 5.74) is 0.464. The number of aromatic nitrogens is 4. The molecule has 2 rings (SSSR count). The molecular formula is C16H22N6O2S. The Balaban J connectivity index is 1.93. The number of rotatable bonds is 8. The molecule has 2 N–H and O–H groups in total. The van der Waals surface area contributed by atoms with E-state index in [1.165, 1.54) is 0 Å². The van der Waals surface area contributed by atoms with E-state index in [1.54, 1.807) is 22.9 Å². The molecule has 0 aliphatic heterocycles. The highest BCUT2D eigenvalue weighted by Gasteiger charge is 2.12. The summed E-state index contributed by atoms with van der Waals surface area (Å²) in [6, 6.07) is 6.98. The number of carbonyl (C=O) groups is 1. The second-order valence-electron chi connectivity index (χ2n) is 5.36. The third-order valence-corrected chi connectivity index (χ3v) is 3.49. The summed E-state index contributed by atoms with van der Waals surface area (Å²) in [7, 11) is 0. The monoisotopic (exact) mass is 362 g/mol. The number of anilines is 1. The zero-order valence-electron chi connectivity index (χ0n) is 14.4. The van der Waals surface area contributed by atoms with Gasteiger partial charge in [0.15, 0.2) is 5.11 Å². The number of hydrogen-bond donors (Lipinski definition) is 2. The summed E-state index contributed by atoms with van der Waals surface area (Å²) in [5, 5.41) is 16.9. The van der Waals surface area contributed by atoms with Crippen molar-refractivity contribution in [1.82, 2.24) is 25.5 Å². The van der Waals surface area contributed by atoms with Gasteiger partial charge < -0.3 is 4.74 Å². The first-order chi connectivity index (χ1) is 12.1. The fourth-order valence-electron chi connectivity index (χ4n) is 2.03. The number of aryl methyl sites for hydroxylation is 1. The Morgan fingerprint density at radius 1 is 1.32 bits per heavy atom. The van der Waals surface area contributed by atoms with E-state index in [-0.39, 0.29) is 11.0 Å². The lowest BCUT2D eigenvalue weighted by Crippen LogP contribution is -2.35. The van der Waals surface area contributed by atoms with Gasteiger partial charge in [0.05, 0.1) is 6.61 Å². The van der Waals surface area contributed by atoms with Gasteiger partial charge in [-0.25, -0.2) is 4.68 Å².